The van der Waals surface area contributed by atoms with Crippen LogP contribution < -0.4 is 4.90 Å². The average molecular weight is 324 g/mol. The fourth-order valence-corrected chi connectivity index (χ4v) is 2.34. The van der Waals surface area contributed by atoms with E-state index in [1.54, 1.807) is 17.2 Å². The molecule has 16 heavy (non-hydrogen) atoms. The van der Waals surface area contributed by atoms with E-state index in [0.29, 0.717) is 28.5 Å². The number of amides is 1. The van der Waals surface area contributed by atoms with Crippen molar-refractivity contribution in [3.8, 4) is 0 Å². The van der Waals surface area contributed by atoms with Gasteiger partial charge < -0.3 is 4.90 Å². The Labute approximate surface area is 112 Å². The van der Waals surface area contributed by atoms with E-state index in [9.17, 15) is 4.79 Å². The summed E-state index contributed by atoms with van der Waals surface area (Å²) < 4.78 is 0.689. The molecule has 1 aromatic rings. The number of rotatable bonds is 2. The molecule has 3 nitrogen and oxygen atoms in total. The molecule has 1 aliphatic rings. The zero-order valence-corrected chi connectivity index (χ0v) is 11.4. The monoisotopic (exact) mass is 322 g/mol. The Morgan fingerprint density at radius 1 is 1.62 bits per heavy atom. The lowest BCUT2D eigenvalue weighted by Gasteiger charge is -2.16. The number of pyridine rings is 1. The second kappa shape index (κ2) is 4.90. The molecule has 2 heterocycles. The highest BCUT2D eigenvalue weighted by molar-refractivity contribution is 9.10. The molecule has 86 valence electrons. The summed E-state index contributed by atoms with van der Waals surface area (Å²) in [4.78, 5) is 17.4. The molecule has 0 radical (unpaired) electrons. The first kappa shape index (κ1) is 12.1. The highest BCUT2D eigenvalue weighted by Gasteiger charge is 2.30. The standard InChI is InChI=1S/C10H9BrCl2N2O/c11-8-2-7(4-14-10(8)13)15-5-6(3-12)1-9(15)16/h2,4,6H,1,3,5H2. The number of hydrogen-bond donors (Lipinski definition) is 0. The maximum Gasteiger partial charge on any atom is 0.227 e. The average Bonchev–Trinajstić information content (AvgIpc) is 2.64. The molecule has 1 aliphatic heterocycles. The minimum Gasteiger partial charge on any atom is -0.311 e. The van der Waals surface area contributed by atoms with Crippen molar-refractivity contribution in [2.24, 2.45) is 5.92 Å². The Balaban J connectivity index is 2.24. The van der Waals surface area contributed by atoms with Gasteiger partial charge in [0.2, 0.25) is 5.91 Å². The third-order valence-corrected chi connectivity index (χ3v) is 4.09. The molecule has 0 aromatic carbocycles. The molecule has 0 bridgehead atoms. The Morgan fingerprint density at radius 2 is 2.38 bits per heavy atom. The highest BCUT2D eigenvalue weighted by atomic mass is 79.9. The lowest BCUT2D eigenvalue weighted by atomic mass is 10.1. The number of carbonyl (C=O) groups is 1. The zero-order chi connectivity index (χ0) is 11.7. The van der Waals surface area contributed by atoms with Crippen molar-refractivity contribution in [1.29, 1.82) is 0 Å². The molecule has 1 atom stereocenters. The Hall–Kier alpha value is -0.320. The Morgan fingerprint density at radius 3 is 2.94 bits per heavy atom. The van der Waals surface area contributed by atoms with Gasteiger partial charge in [0.1, 0.15) is 5.15 Å². The van der Waals surface area contributed by atoms with Crippen LogP contribution >= 0.6 is 39.1 Å². The number of aromatic nitrogens is 1. The van der Waals surface area contributed by atoms with E-state index in [-0.39, 0.29) is 11.8 Å². The van der Waals surface area contributed by atoms with Crippen molar-refractivity contribution in [1.82, 2.24) is 4.98 Å². The normalized spacial score (nSPS) is 20.6. The van der Waals surface area contributed by atoms with Crippen LogP contribution in [0.25, 0.3) is 0 Å². The smallest absolute Gasteiger partial charge is 0.227 e. The summed E-state index contributed by atoms with van der Waals surface area (Å²) in [7, 11) is 0. The zero-order valence-electron chi connectivity index (χ0n) is 8.29. The van der Waals surface area contributed by atoms with E-state index >= 15 is 0 Å². The summed E-state index contributed by atoms with van der Waals surface area (Å²) in [6, 6.07) is 1.80. The van der Waals surface area contributed by atoms with Crippen LogP contribution in [0.15, 0.2) is 16.7 Å². The summed E-state index contributed by atoms with van der Waals surface area (Å²) in [5, 5.41) is 0.393. The van der Waals surface area contributed by atoms with Gasteiger partial charge in [0.15, 0.2) is 0 Å². The van der Waals surface area contributed by atoms with Crippen LogP contribution in [-0.2, 0) is 4.79 Å². The predicted octanol–water partition coefficient (Wildman–Crippen LogP) is 3.09. The van der Waals surface area contributed by atoms with Crippen molar-refractivity contribution in [3.63, 3.8) is 0 Å². The number of nitrogens with zero attached hydrogens (tertiary/aromatic N) is 2. The predicted molar refractivity (Wildman–Crippen MR) is 68.1 cm³/mol. The lowest BCUT2D eigenvalue weighted by molar-refractivity contribution is -0.117. The van der Waals surface area contributed by atoms with Gasteiger partial charge >= 0.3 is 0 Å². The topological polar surface area (TPSA) is 33.2 Å². The van der Waals surface area contributed by atoms with Gasteiger partial charge in [-0.2, -0.15) is 0 Å². The number of anilines is 1. The molecule has 1 unspecified atom stereocenters. The largest absolute Gasteiger partial charge is 0.311 e. The van der Waals surface area contributed by atoms with Crippen LogP contribution in [0.1, 0.15) is 6.42 Å². The van der Waals surface area contributed by atoms with E-state index in [1.165, 1.54) is 0 Å². The minimum absolute atomic E-state index is 0.0849. The first-order chi connectivity index (χ1) is 7.61. The van der Waals surface area contributed by atoms with Gasteiger partial charge in [-0.25, -0.2) is 4.98 Å². The number of alkyl halides is 1. The Kier molecular flexibility index (Phi) is 3.72. The van der Waals surface area contributed by atoms with Crippen LogP contribution in [-0.4, -0.2) is 23.3 Å². The first-order valence-corrected chi connectivity index (χ1v) is 6.49. The van der Waals surface area contributed by atoms with E-state index in [0.717, 1.165) is 5.69 Å². The maximum atomic E-state index is 11.7. The SMILES string of the molecule is O=C1CC(CCl)CN1c1cnc(Cl)c(Br)c1. The second-order valence-corrected chi connectivity index (χ2v) is 5.22. The molecule has 0 N–H and O–H groups in total. The van der Waals surface area contributed by atoms with Gasteiger partial charge in [-0.3, -0.25) is 4.79 Å². The van der Waals surface area contributed by atoms with E-state index in [1.807, 2.05) is 0 Å². The van der Waals surface area contributed by atoms with Crippen molar-refractivity contribution in [2.75, 3.05) is 17.3 Å². The van der Waals surface area contributed by atoms with Gasteiger partial charge in [0.05, 0.1) is 16.4 Å². The van der Waals surface area contributed by atoms with Crippen LogP contribution in [0.3, 0.4) is 0 Å². The molecular weight excluding hydrogens is 315 g/mol. The lowest BCUT2D eigenvalue weighted by Crippen LogP contribution is -2.24. The molecule has 0 aliphatic carbocycles. The Bertz CT molecular complexity index is 427. The summed E-state index contributed by atoms with van der Waals surface area (Å²) in [5.41, 5.74) is 0.758. The quantitative estimate of drug-likeness (QED) is 0.619. The molecule has 2 rings (SSSR count). The van der Waals surface area contributed by atoms with E-state index in [4.69, 9.17) is 23.2 Å². The van der Waals surface area contributed by atoms with Crippen molar-refractivity contribution >= 4 is 50.7 Å². The summed E-state index contributed by atoms with van der Waals surface area (Å²) in [6.07, 6.45) is 2.10. The van der Waals surface area contributed by atoms with Crippen LogP contribution in [0.2, 0.25) is 5.15 Å². The third kappa shape index (κ3) is 2.34. The van der Waals surface area contributed by atoms with Gasteiger partial charge in [-0.1, -0.05) is 11.6 Å². The third-order valence-electron chi connectivity index (χ3n) is 2.52. The molecular formula is C10H9BrCl2N2O. The molecule has 0 saturated carbocycles. The fraction of sp³-hybridized carbons (Fsp3) is 0.400. The molecule has 0 spiro atoms. The molecule has 1 fully saturated rings. The molecule has 1 saturated heterocycles. The second-order valence-electron chi connectivity index (χ2n) is 3.69. The number of hydrogen-bond acceptors (Lipinski definition) is 2. The van der Waals surface area contributed by atoms with Crippen molar-refractivity contribution in [2.45, 2.75) is 6.42 Å². The minimum atomic E-state index is 0.0849. The van der Waals surface area contributed by atoms with Gasteiger partial charge in [0, 0.05) is 18.8 Å². The highest BCUT2D eigenvalue weighted by Crippen LogP contribution is 2.29. The maximum absolute atomic E-state index is 11.7. The molecule has 1 aromatic heterocycles. The molecule has 6 heteroatoms. The summed E-state index contributed by atoms with van der Waals surface area (Å²) in [6.45, 7) is 0.651. The summed E-state index contributed by atoms with van der Waals surface area (Å²) in [5.74, 6) is 0.815. The fourth-order valence-electron chi connectivity index (χ4n) is 1.69. The number of halogens is 3. The van der Waals surface area contributed by atoms with Crippen LogP contribution in [0.4, 0.5) is 5.69 Å². The van der Waals surface area contributed by atoms with Gasteiger partial charge in [-0.15, -0.1) is 11.6 Å². The van der Waals surface area contributed by atoms with Crippen LogP contribution in [0.5, 0.6) is 0 Å². The molecule has 1 amide bonds. The van der Waals surface area contributed by atoms with Crippen molar-refractivity contribution in [3.05, 3.63) is 21.9 Å². The van der Waals surface area contributed by atoms with E-state index in [2.05, 4.69) is 20.9 Å². The van der Waals surface area contributed by atoms with Crippen molar-refractivity contribution < 1.29 is 4.79 Å². The van der Waals surface area contributed by atoms with Crippen LogP contribution in [0, 0.1) is 5.92 Å². The summed E-state index contributed by atoms with van der Waals surface area (Å²) >= 11 is 14.8. The first-order valence-electron chi connectivity index (χ1n) is 4.79. The van der Waals surface area contributed by atoms with Gasteiger partial charge in [0.25, 0.3) is 0 Å². The van der Waals surface area contributed by atoms with Gasteiger partial charge in [-0.05, 0) is 27.9 Å². The van der Waals surface area contributed by atoms with E-state index < -0.39 is 0 Å². The number of carbonyl (C=O) groups excluding carboxylic acids is 1.